The van der Waals surface area contributed by atoms with E-state index < -0.39 is 0 Å². The van der Waals surface area contributed by atoms with Gasteiger partial charge in [0.1, 0.15) is 17.8 Å². The zero-order valence-electron chi connectivity index (χ0n) is 12.8. The Balaban J connectivity index is 1.90. The van der Waals surface area contributed by atoms with Crippen LogP contribution < -0.4 is 21.1 Å². The second-order valence-corrected chi connectivity index (χ2v) is 5.26. The first-order valence-corrected chi connectivity index (χ1v) is 7.43. The van der Waals surface area contributed by atoms with Crippen molar-refractivity contribution in [3.05, 3.63) is 54.1 Å². The molecule has 0 aliphatic heterocycles. The lowest BCUT2D eigenvalue weighted by Gasteiger charge is -2.14. The van der Waals surface area contributed by atoms with Gasteiger partial charge in [-0.3, -0.25) is 4.98 Å². The molecule has 0 amide bonds. The highest BCUT2D eigenvalue weighted by Crippen LogP contribution is 2.33. The first kappa shape index (κ1) is 15.8. The van der Waals surface area contributed by atoms with E-state index in [0.717, 1.165) is 5.69 Å². The molecule has 122 valence electrons. The summed E-state index contributed by atoms with van der Waals surface area (Å²) >= 11 is 6.04. The number of anilines is 5. The molecule has 2 heterocycles. The molecule has 0 bridgehead atoms. The van der Waals surface area contributed by atoms with Crippen molar-refractivity contribution >= 4 is 40.3 Å². The number of rotatable bonds is 5. The second kappa shape index (κ2) is 7.01. The van der Waals surface area contributed by atoms with Crippen molar-refractivity contribution in [2.24, 2.45) is 0 Å². The summed E-state index contributed by atoms with van der Waals surface area (Å²) in [5.41, 5.74) is 7.96. The number of nitrogens with two attached hydrogens (primary N) is 1. The van der Waals surface area contributed by atoms with Crippen molar-refractivity contribution in [3.63, 3.8) is 0 Å². The molecule has 24 heavy (non-hydrogen) atoms. The van der Waals surface area contributed by atoms with Gasteiger partial charge in [-0.05, 0) is 30.3 Å². The van der Waals surface area contributed by atoms with E-state index in [-0.39, 0.29) is 0 Å². The molecular weight excluding hydrogens is 328 g/mol. The van der Waals surface area contributed by atoms with Gasteiger partial charge in [0.25, 0.3) is 0 Å². The fraction of sp³-hybridized carbons (Fsp3) is 0.0625. The summed E-state index contributed by atoms with van der Waals surface area (Å²) in [6.45, 7) is 0. The largest absolute Gasteiger partial charge is 0.495 e. The van der Waals surface area contributed by atoms with E-state index in [1.165, 1.54) is 6.33 Å². The molecule has 0 atom stereocenters. The topological polar surface area (TPSA) is 98.0 Å². The molecule has 3 rings (SSSR count). The molecular formula is C16H15ClN6O. The van der Waals surface area contributed by atoms with E-state index in [9.17, 15) is 0 Å². The molecule has 7 nitrogen and oxygen atoms in total. The Labute approximate surface area is 143 Å². The predicted molar refractivity (Wildman–Crippen MR) is 95.3 cm³/mol. The minimum absolute atomic E-state index is 0.364. The fourth-order valence-corrected chi connectivity index (χ4v) is 2.25. The van der Waals surface area contributed by atoms with Crippen LogP contribution >= 0.6 is 11.6 Å². The number of aromatic nitrogens is 3. The van der Waals surface area contributed by atoms with Gasteiger partial charge in [0.15, 0.2) is 11.6 Å². The average molecular weight is 343 g/mol. The third-order valence-corrected chi connectivity index (χ3v) is 3.46. The number of nitrogens with zero attached hydrogens (tertiary/aromatic N) is 3. The highest BCUT2D eigenvalue weighted by molar-refractivity contribution is 6.31. The summed E-state index contributed by atoms with van der Waals surface area (Å²) in [5, 5.41) is 6.79. The van der Waals surface area contributed by atoms with Gasteiger partial charge in [0.2, 0.25) is 0 Å². The molecule has 2 aromatic heterocycles. The quantitative estimate of drug-likeness (QED) is 0.651. The van der Waals surface area contributed by atoms with Crippen LogP contribution in [0.5, 0.6) is 5.75 Å². The van der Waals surface area contributed by atoms with Gasteiger partial charge in [0, 0.05) is 11.2 Å². The van der Waals surface area contributed by atoms with Crippen molar-refractivity contribution in [1.29, 1.82) is 0 Å². The Hall–Kier alpha value is -3.06. The van der Waals surface area contributed by atoms with Crippen LogP contribution in [0.15, 0.2) is 49.1 Å². The van der Waals surface area contributed by atoms with Crippen molar-refractivity contribution < 1.29 is 4.74 Å². The zero-order chi connectivity index (χ0) is 16.9. The van der Waals surface area contributed by atoms with Gasteiger partial charge >= 0.3 is 0 Å². The number of ether oxygens (including phenoxy) is 1. The van der Waals surface area contributed by atoms with Crippen LogP contribution in [0.3, 0.4) is 0 Å². The normalized spacial score (nSPS) is 10.2. The van der Waals surface area contributed by atoms with Gasteiger partial charge < -0.3 is 21.1 Å². The molecule has 0 aliphatic rings. The summed E-state index contributed by atoms with van der Waals surface area (Å²) in [6.07, 6.45) is 4.77. The third kappa shape index (κ3) is 3.47. The van der Waals surface area contributed by atoms with Crippen LogP contribution in [-0.4, -0.2) is 22.1 Å². The second-order valence-electron chi connectivity index (χ2n) is 4.82. The van der Waals surface area contributed by atoms with Gasteiger partial charge in [-0.1, -0.05) is 11.6 Å². The Morgan fingerprint density at radius 3 is 2.62 bits per heavy atom. The molecule has 4 N–H and O–H groups in total. The van der Waals surface area contributed by atoms with Crippen molar-refractivity contribution in [2.45, 2.75) is 0 Å². The lowest BCUT2D eigenvalue weighted by atomic mass is 10.3. The molecule has 0 spiro atoms. The summed E-state index contributed by atoms with van der Waals surface area (Å²) in [7, 11) is 1.58. The van der Waals surface area contributed by atoms with Gasteiger partial charge in [-0.25, -0.2) is 9.97 Å². The van der Waals surface area contributed by atoms with Crippen LogP contribution in [0, 0.1) is 0 Å². The zero-order valence-corrected chi connectivity index (χ0v) is 13.6. The fourth-order valence-electron chi connectivity index (χ4n) is 2.07. The SMILES string of the molecule is COc1ccc(Cl)cc1Nc1ncnc(Nc2cccnc2)c1N. The maximum Gasteiger partial charge on any atom is 0.159 e. The predicted octanol–water partition coefficient (Wildman–Crippen LogP) is 3.60. The minimum Gasteiger partial charge on any atom is -0.495 e. The third-order valence-electron chi connectivity index (χ3n) is 3.22. The smallest absolute Gasteiger partial charge is 0.159 e. The molecule has 1 aromatic carbocycles. The molecule has 0 saturated heterocycles. The number of pyridine rings is 1. The first-order chi connectivity index (χ1) is 11.7. The molecule has 0 saturated carbocycles. The van der Waals surface area contributed by atoms with Crippen molar-refractivity contribution in [1.82, 2.24) is 15.0 Å². The van der Waals surface area contributed by atoms with Crippen molar-refractivity contribution in [3.8, 4) is 5.75 Å². The standard InChI is InChI=1S/C16H15ClN6O/c1-24-13-5-4-10(17)7-12(13)23-16-14(18)15(20-9-21-16)22-11-3-2-6-19-8-11/h2-9H,18H2,1H3,(H2,20,21,22,23). The Morgan fingerprint density at radius 1 is 1.12 bits per heavy atom. The van der Waals surface area contributed by atoms with Gasteiger partial charge in [-0.2, -0.15) is 0 Å². The maximum absolute atomic E-state index is 6.16. The van der Waals surface area contributed by atoms with Crippen LogP contribution in [0.1, 0.15) is 0 Å². The van der Waals surface area contributed by atoms with E-state index >= 15 is 0 Å². The average Bonchev–Trinajstić information content (AvgIpc) is 2.60. The number of halogens is 1. The van der Waals surface area contributed by atoms with Crippen molar-refractivity contribution in [2.75, 3.05) is 23.5 Å². The van der Waals surface area contributed by atoms with Gasteiger partial charge in [-0.15, -0.1) is 0 Å². The number of hydrogen-bond donors (Lipinski definition) is 3. The van der Waals surface area contributed by atoms with E-state index in [1.54, 1.807) is 37.7 Å². The number of hydrogen-bond acceptors (Lipinski definition) is 7. The molecule has 3 aromatic rings. The lowest BCUT2D eigenvalue weighted by Crippen LogP contribution is -2.06. The summed E-state index contributed by atoms with van der Waals surface area (Å²) in [6, 6.07) is 8.91. The molecule has 8 heteroatoms. The van der Waals surface area contributed by atoms with E-state index in [1.807, 2.05) is 12.1 Å². The number of nitrogen functional groups attached to an aromatic ring is 1. The summed E-state index contributed by atoms with van der Waals surface area (Å²) in [4.78, 5) is 12.4. The highest BCUT2D eigenvalue weighted by Gasteiger charge is 2.11. The number of nitrogens with one attached hydrogen (secondary N) is 2. The van der Waals surface area contributed by atoms with Crippen LogP contribution in [-0.2, 0) is 0 Å². The number of benzene rings is 1. The highest BCUT2D eigenvalue weighted by atomic mass is 35.5. The molecule has 0 radical (unpaired) electrons. The molecule has 0 fully saturated rings. The number of methoxy groups -OCH3 is 1. The van der Waals surface area contributed by atoms with Crippen LogP contribution in [0.4, 0.5) is 28.7 Å². The van der Waals surface area contributed by atoms with Crippen LogP contribution in [0.25, 0.3) is 0 Å². The monoisotopic (exact) mass is 342 g/mol. The minimum atomic E-state index is 0.364. The Kier molecular flexibility index (Phi) is 4.62. The Bertz CT molecular complexity index is 843. The summed E-state index contributed by atoms with van der Waals surface area (Å²) < 4.78 is 5.31. The first-order valence-electron chi connectivity index (χ1n) is 7.05. The van der Waals surface area contributed by atoms with E-state index in [0.29, 0.717) is 33.8 Å². The maximum atomic E-state index is 6.16. The van der Waals surface area contributed by atoms with Crippen LogP contribution in [0.2, 0.25) is 5.02 Å². The van der Waals surface area contributed by atoms with Gasteiger partial charge in [0.05, 0.1) is 24.7 Å². The Morgan fingerprint density at radius 2 is 1.92 bits per heavy atom. The van der Waals surface area contributed by atoms with E-state index in [4.69, 9.17) is 22.1 Å². The summed E-state index contributed by atoms with van der Waals surface area (Å²) in [5.74, 6) is 1.54. The molecule has 0 unspecified atom stereocenters. The van der Waals surface area contributed by atoms with E-state index in [2.05, 4.69) is 25.6 Å². The molecule has 0 aliphatic carbocycles. The lowest BCUT2D eigenvalue weighted by molar-refractivity contribution is 0.417.